The second-order valence-corrected chi connectivity index (χ2v) is 8.31. The summed E-state index contributed by atoms with van der Waals surface area (Å²) in [6, 6.07) is 14.7. The fourth-order valence-corrected chi connectivity index (χ4v) is 4.26. The van der Waals surface area contributed by atoms with Crippen LogP contribution in [0.4, 0.5) is 0 Å². The Morgan fingerprint density at radius 2 is 1.91 bits per heavy atom. The Labute approximate surface area is 204 Å². The van der Waals surface area contributed by atoms with E-state index in [1.165, 1.54) is 6.07 Å². The molecule has 0 spiro atoms. The van der Waals surface area contributed by atoms with Crippen LogP contribution in [-0.4, -0.2) is 27.9 Å². The molecular formula is C27H24ClNO4. The van der Waals surface area contributed by atoms with Crippen LogP contribution in [0.3, 0.4) is 0 Å². The Morgan fingerprint density at radius 3 is 2.70 bits per heavy atom. The van der Waals surface area contributed by atoms with Gasteiger partial charge in [-0.1, -0.05) is 48.7 Å². The number of hydrogen-bond donors (Lipinski definition) is 1. The lowest BCUT2D eigenvalue weighted by atomic mass is 10.0. The Hall–Kier alpha value is -3.31. The van der Waals surface area contributed by atoms with Gasteiger partial charge in [0.25, 0.3) is 5.91 Å². The van der Waals surface area contributed by atoms with Gasteiger partial charge in [-0.25, -0.2) is 4.79 Å². The summed E-state index contributed by atoms with van der Waals surface area (Å²) in [4.78, 5) is 25.5. The third kappa shape index (κ3) is 4.33. The molecule has 1 aliphatic carbocycles. The largest absolute Gasteiger partial charge is 0.489 e. The summed E-state index contributed by atoms with van der Waals surface area (Å²) in [5, 5.41) is 9.51. The van der Waals surface area contributed by atoms with Crippen molar-refractivity contribution in [1.82, 2.24) is 4.90 Å². The highest BCUT2D eigenvalue weighted by atomic mass is 35.5. The third-order valence-corrected chi connectivity index (χ3v) is 6.05. The molecule has 1 aliphatic heterocycles. The molecule has 6 heteroatoms. The Bertz CT molecular complexity index is 1450. The summed E-state index contributed by atoms with van der Waals surface area (Å²) in [6.45, 7) is 0.114. The molecule has 1 saturated carbocycles. The van der Waals surface area contributed by atoms with E-state index in [0.29, 0.717) is 22.4 Å². The number of carbonyl (C=O) groups is 2. The summed E-state index contributed by atoms with van der Waals surface area (Å²) in [6.07, 6.45) is -4.64. The first-order valence-corrected chi connectivity index (χ1v) is 10.9. The fourth-order valence-electron chi connectivity index (χ4n) is 4.06. The molecule has 0 unspecified atom stereocenters. The zero-order chi connectivity index (χ0) is 27.5. The molecule has 0 saturated heterocycles. The molecule has 5 rings (SSSR count). The monoisotopic (exact) mass is 466 g/mol. The molecule has 0 atom stereocenters. The minimum atomic E-state index is -2.33. The minimum absolute atomic E-state index is 0.0146. The van der Waals surface area contributed by atoms with E-state index < -0.39 is 30.6 Å². The van der Waals surface area contributed by atoms with Crippen molar-refractivity contribution in [2.75, 3.05) is 0 Å². The zero-order valence-corrected chi connectivity index (χ0v) is 18.4. The van der Waals surface area contributed by atoms with Crippen molar-refractivity contribution in [2.24, 2.45) is 0 Å². The Balaban J connectivity index is 1.34. The second-order valence-electron chi connectivity index (χ2n) is 7.90. The van der Waals surface area contributed by atoms with E-state index >= 15 is 0 Å². The van der Waals surface area contributed by atoms with E-state index in [-0.39, 0.29) is 36.6 Å². The highest BCUT2D eigenvalue weighted by Gasteiger charge is 2.34. The topological polar surface area (TPSA) is 66.8 Å². The van der Waals surface area contributed by atoms with Crippen molar-refractivity contribution in [2.45, 2.75) is 44.8 Å². The van der Waals surface area contributed by atoms with E-state index in [1.54, 1.807) is 30.3 Å². The smallest absolute Gasteiger partial charge is 0.337 e. The van der Waals surface area contributed by atoms with Gasteiger partial charge in [-0.3, -0.25) is 4.79 Å². The van der Waals surface area contributed by atoms with Gasteiger partial charge in [0, 0.05) is 23.6 Å². The number of ether oxygens (including phenoxy) is 1. The molecule has 1 fully saturated rings. The molecule has 5 nitrogen and oxygen atoms in total. The molecule has 3 aromatic carbocycles. The van der Waals surface area contributed by atoms with Crippen LogP contribution in [0.15, 0.2) is 60.7 Å². The molecule has 0 radical (unpaired) electrons. The lowest BCUT2D eigenvalue weighted by molar-refractivity contribution is 0.0691. The van der Waals surface area contributed by atoms with Crippen molar-refractivity contribution in [1.29, 1.82) is 0 Å². The van der Waals surface area contributed by atoms with Crippen LogP contribution < -0.4 is 4.74 Å². The van der Waals surface area contributed by atoms with Gasteiger partial charge in [-0.15, -0.1) is 0 Å². The summed E-state index contributed by atoms with van der Waals surface area (Å²) in [5.74, 6) is -1.20. The van der Waals surface area contributed by atoms with E-state index in [9.17, 15) is 14.7 Å². The van der Waals surface area contributed by atoms with Gasteiger partial charge in [0.15, 0.2) is 0 Å². The van der Waals surface area contributed by atoms with Crippen LogP contribution in [0.25, 0.3) is 11.1 Å². The first-order valence-electron chi connectivity index (χ1n) is 13.0. The molecule has 168 valence electrons. The summed E-state index contributed by atoms with van der Waals surface area (Å²) in [7, 11) is 0. The molecule has 1 N–H and O–H groups in total. The van der Waals surface area contributed by atoms with E-state index in [4.69, 9.17) is 23.2 Å². The number of carbonyl (C=O) groups excluding carboxylic acids is 1. The van der Waals surface area contributed by atoms with Crippen molar-refractivity contribution < 1.29 is 26.3 Å². The van der Waals surface area contributed by atoms with Gasteiger partial charge in [-0.2, -0.15) is 0 Å². The van der Waals surface area contributed by atoms with Gasteiger partial charge in [-0.05, 0) is 71.4 Å². The number of fused-ring (bicyclic) bond motifs is 1. The molecule has 3 aromatic rings. The van der Waals surface area contributed by atoms with Gasteiger partial charge in [0.2, 0.25) is 0 Å². The molecule has 0 aromatic heterocycles. The predicted molar refractivity (Wildman–Crippen MR) is 127 cm³/mol. The molecule has 1 amide bonds. The van der Waals surface area contributed by atoms with Crippen molar-refractivity contribution in [3.8, 4) is 16.9 Å². The maximum atomic E-state index is 13.1. The van der Waals surface area contributed by atoms with Gasteiger partial charge < -0.3 is 14.7 Å². The maximum Gasteiger partial charge on any atom is 0.337 e. The number of carboxylic acid groups (broad SMARTS) is 1. The highest BCUT2D eigenvalue weighted by Crippen LogP contribution is 2.33. The van der Waals surface area contributed by atoms with Crippen LogP contribution in [0.2, 0.25) is 5.02 Å². The summed E-state index contributed by atoms with van der Waals surface area (Å²) in [5.41, 5.74) is 3.18. The predicted octanol–water partition coefficient (Wildman–Crippen LogP) is 6.18. The molecule has 33 heavy (non-hydrogen) atoms. The SMILES string of the molecule is [2H]C1([2H])CCC([2H])([2H])C1([2H])N1Cc2cc(OCc3cccc(-c4ccc(Cl)c(C(=O)O)c4)c3)ccc2C1=O. The second kappa shape index (κ2) is 8.91. The highest BCUT2D eigenvalue weighted by molar-refractivity contribution is 6.33. The Morgan fingerprint density at radius 1 is 1.12 bits per heavy atom. The van der Waals surface area contributed by atoms with E-state index in [1.807, 2.05) is 24.3 Å². The number of aromatic carboxylic acids is 1. The lowest BCUT2D eigenvalue weighted by Crippen LogP contribution is -2.33. The zero-order valence-electron chi connectivity index (χ0n) is 22.6. The number of carboxylic acids is 1. The van der Waals surface area contributed by atoms with Crippen LogP contribution in [0, 0.1) is 0 Å². The van der Waals surface area contributed by atoms with Crippen molar-refractivity contribution in [3.05, 3.63) is 87.9 Å². The first kappa shape index (κ1) is 16.3. The van der Waals surface area contributed by atoms with Crippen molar-refractivity contribution in [3.63, 3.8) is 0 Å². The average Bonchev–Trinajstić information content (AvgIpc) is 3.29. The number of nitrogens with zero attached hydrogens (tertiary/aromatic N) is 1. The number of amides is 1. The third-order valence-electron chi connectivity index (χ3n) is 5.72. The number of benzene rings is 3. The van der Waals surface area contributed by atoms with Gasteiger partial charge in [0.1, 0.15) is 12.4 Å². The minimum Gasteiger partial charge on any atom is -0.489 e. The molecule has 0 bridgehead atoms. The molecular weight excluding hydrogens is 438 g/mol. The van der Waals surface area contributed by atoms with Crippen LogP contribution in [0.5, 0.6) is 5.75 Å². The van der Waals surface area contributed by atoms with Crippen LogP contribution >= 0.6 is 11.6 Å². The normalized spacial score (nSPS) is 21.9. The van der Waals surface area contributed by atoms with Crippen LogP contribution in [0.1, 0.15) is 64.3 Å². The molecule has 2 aliphatic rings. The van der Waals surface area contributed by atoms with Gasteiger partial charge >= 0.3 is 5.97 Å². The number of halogens is 1. The quantitative estimate of drug-likeness (QED) is 0.470. The summed E-state index contributed by atoms with van der Waals surface area (Å²) < 4.78 is 47.8. The maximum absolute atomic E-state index is 13.1. The van der Waals surface area contributed by atoms with Crippen molar-refractivity contribution >= 4 is 23.5 Å². The van der Waals surface area contributed by atoms with E-state index in [0.717, 1.165) is 16.0 Å². The first-order chi connectivity index (χ1) is 17.8. The van der Waals surface area contributed by atoms with Crippen LogP contribution in [-0.2, 0) is 13.2 Å². The Kier molecular flexibility index (Phi) is 4.41. The lowest BCUT2D eigenvalue weighted by Gasteiger charge is -2.23. The fraction of sp³-hybridized carbons (Fsp3) is 0.259. The number of rotatable bonds is 6. The average molecular weight is 467 g/mol. The molecule has 1 heterocycles. The standard InChI is InChI=1S/C27H24ClNO4/c28-25-11-8-19(14-24(25)27(31)32)18-5-3-4-17(12-18)16-33-22-9-10-23-20(13-22)15-29(26(23)30)21-6-1-2-7-21/h3-5,8-14,21H,1-2,6-7,15-16H2,(H,31,32)/i6D2,7D2,21D. The van der Waals surface area contributed by atoms with Gasteiger partial charge in [0.05, 0.1) is 12.0 Å². The summed E-state index contributed by atoms with van der Waals surface area (Å²) >= 11 is 5.99. The number of hydrogen-bond acceptors (Lipinski definition) is 3. The van der Waals surface area contributed by atoms with E-state index in [2.05, 4.69) is 0 Å².